The van der Waals surface area contributed by atoms with Crippen LogP contribution in [0.4, 0.5) is 11.4 Å². The normalized spacial score (nSPS) is 16.2. The molecule has 3 rings (SSSR count). The van der Waals surface area contributed by atoms with Crippen molar-refractivity contribution < 1.29 is 17.9 Å². The van der Waals surface area contributed by atoms with Crippen LogP contribution in [0.2, 0.25) is 0 Å². The second kappa shape index (κ2) is 7.37. The van der Waals surface area contributed by atoms with Gasteiger partial charge in [0.15, 0.2) is 0 Å². The monoisotopic (exact) mass is 374 g/mol. The van der Waals surface area contributed by atoms with Crippen molar-refractivity contribution in [3.63, 3.8) is 0 Å². The number of hydrogen-bond acceptors (Lipinski definition) is 4. The molecule has 0 aliphatic carbocycles. The highest BCUT2D eigenvalue weighted by atomic mass is 32.2. The molecular weight excluding hydrogens is 352 g/mol. The Morgan fingerprint density at radius 3 is 2.65 bits per heavy atom. The summed E-state index contributed by atoms with van der Waals surface area (Å²) in [6.07, 6.45) is 1.45. The van der Waals surface area contributed by atoms with Gasteiger partial charge in [-0.3, -0.25) is 9.10 Å². The van der Waals surface area contributed by atoms with Gasteiger partial charge in [0.05, 0.1) is 18.6 Å². The summed E-state index contributed by atoms with van der Waals surface area (Å²) in [6, 6.07) is 12.3. The van der Waals surface area contributed by atoms with Crippen molar-refractivity contribution in [2.24, 2.45) is 0 Å². The number of rotatable bonds is 4. The van der Waals surface area contributed by atoms with Crippen LogP contribution in [0, 0.1) is 6.92 Å². The van der Waals surface area contributed by atoms with E-state index < -0.39 is 10.0 Å². The van der Waals surface area contributed by atoms with E-state index in [1.807, 2.05) is 19.1 Å². The molecule has 2 aromatic carbocycles. The van der Waals surface area contributed by atoms with E-state index in [-0.39, 0.29) is 11.7 Å². The van der Waals surface area contributed by atoms with Crippen molar-refractivity contribution >= 4 is 27.3 Å². The maximum Gasteiger partial charge on any atom is 0.255 e. The molecule has 0 radical (unpaired) electrons. The summed E-state index contributed by atoms with van der Waals surface area (Å²) in [5.74, 6) is 0.339. The molecule has 0 saturated carbocycles. The van der Waals surface area contributed by atoms with E-state index >= 15 is 0 Å². The van der Waals surface area contributed by atoms with Gasteiger partial charge in [-0.25, -0.2) is 8.42 Å². The Balaban J connectivity index is 1.91. The number of nitrogens with zero attached hydrogens (tertiary/aromatic N) is 1. The van der Waals surface area contributed by atoms with Crippen LogP contribution in [-0.4, -0.2) is 33.7 Å². The Kier molecular flexibility index (Phi) is 5.18. The molecule has 0 atom stereocenters. The first-order valence-electron chi connectivity index (χ1n) is 8.47. The SMILES string of the molecule is COc1ccc(NC(=O)c2cccc(C)c2)cc1N1CCCCS1(=O)=O. The molecule has 2 aromatic rings. The smallest absolute Gasteiger partial charge is 0.255 e. The highest BCUT2D eigenvalue weighted by Gasteiger charge is 2.28. The lowest BCUT2D eigenvalue weighted by molar-refractivity contribution is 0.102. The minimum atomic E-state index is -3.37. The zero-order chi connectivity index (χ0) is 18.7. The molecule has 138 valence electrons. The predicted molar refractivity (Wildman–Crippen MR) is 102 cm³/mol. The lowest BCUT2D eigenvalue weighted by Crippen LogP contribution is -2.38. The molecule has 6 nitrogen and oxygen atoms in total. The van der Waals surface area contributed by atoms with Crippen LogP contribution in [0.1, 0.15) is 28.8 Å². The van der Waals surface area contributed by atoms with E-state index in [2.05, 4.69) is 5.32 Å². The highest BCUT2D eigenvalue weighted by Crippen LogP contribution is 2.35. The van der Waals surface area contributed by atoms with Gasteiger partial charge >= 0.3 is 0 Å². The number of aryl methyl sites for hydroxylation is 1. The second-order valence-corrected chi connectivity index (χ2v) is 8.32. The lowest BCUT2D eigenvalue weighted by atomic mass is 10.1. The number of ether oxygens (including phenoxy) is 1. The van der Waals surface area contributed by atoms with Gasteiger partial charge in [0.25, 0.3) is 5.91 Å². The first-order chi connectivity index (χ1) is 12.4. The third kappa shape index (κ3) is 3.83. The third-order valence-corrected chi connectivity index (χ3v) is 6.19. The molecule has 1 aliphatic heterocycles. The van der Waals surface area contributed by atoms with Crippen molar-refractivity contribution in [3.05, 3.63) is 53.6 Å². The van der Waals surface area contributed by atoms with E-state index in [0.29, 0.717) is 35.7 Å². The lowest BCUT2D eigenvalue weighted by Gasteiger charge is -2.29. The van der Waals surface area contributed by atoms with Crippen molar-refractivity contribution in [2.75, 3.05) is 29.0 Å². The molecule has 1 amide bonds. The maximum atomic E-state index is 12.5. The summed E-state index contributed by atoms with van der Waals surface area (Å²) in [6.45, 7) is 2.33. The number of amides is 1. The molecule has 1 aliphatic rings. The van der Waals surface area contributed by atoms with E-state index in [4.69, 9.17) is 4.74 Å². The second-order valence-electron chi connectivity index (χ2n) is 6.31. The number of carbonyl (C=O) groups excluding carboxylic acids is 1. The molecule has 1 fully saturated rings. The number of carbonyl (C=O) groups is 1. The highest BCUT2D eigenvalue weighted by molar-refractivity contribution is 7.92. The van der Waals surface area contributed by atoms with Gasteiger partial charge in [-0.05, 0) is 50.1 Å². The van der Waals surface area contributed by atoms with Crippen molar-refractivity contribution in [1.29, 1.82) is 0 Å². The third-order valence-electron chi connectivity index (χ3n) is 4.33. The van der Waals surface area contributed by atoms with E-state index in [0.717, 1.165) is 12.0 Å². The standard InChI is InChI=1S/C19H22N2O4S/c1-14-6-5-7-15(12-14)19(22)20-16-8-9-18(25-2)17(13-16)21-10-3-4-11-26(21,23)24/h5-9,12-13H,3-4,10-11H2,1-2H3,(H,20,22). The first kappa shape index (κ1) is 18.3. The Labute approximate surface area is 153 Å². The van der Waals surface area contributed by atoms with Gasteiger partial charge in [0.2, 0.25) is 10.0 Å². The molecule has 1 saturated heterocycles. The fourth-order valence-corrected chi connectivity index (χ4v) is 4.65. The minimum Gasteiger partial charge on any atom is -0.495 e. The Hall–Kier alpha value is -2.54. The van der Waals surface area contributed by atoms with Gasteiger partial charge in [0.1, 0.15) is 5.75 Å². The summed E-state index contributed by atoms with van der Waals surface area (Å²) in [7, 11) is -1.87. The minimum absolute atomic E-state index is 0.121. The maximum absolute atomic E-state index is 12.5. The van der Waals surface area contributed by atoms with Crippen molar-refractivity contribution in [1.82, 2.24) is 0 Å². The van der Waals surface area contributed by atoms with Crippen LogP contribution in [0.15, 0.2) is 42.5 Å². The van der Waals surface area contributed by atoms with Crippen molar-refractivity contribution in [3.8, 4) is 5.75 Å². The quantitative estimate of drug-likeness (QED) is 0.892. The number of hydrogen-bond donors (Lipinski definition) is 1. The molecule has 0 unspecified atom stereocenters. The number of anilines is 2. The molecule has 1 heterocycles. The molecular formula is C19H22N2O4S. The fraction of sp³-hybridized carbons (Fsp3) is 0.316. The van der Waals surface area contributed by atoms with Crippen LogP contribution in [0.5, 0.6) is 5.75 Å². The summed E-state index contributed by atoms with van der Waals surface area (Å²) >= 11 is 0. The summed E-state index contributed by atoms with van der Waals surface area (Å²) in [5.41, 5.74) is 2.52. The zero-order valence-electron chi connectivity index (χ0n) is 14.9. The Morgan fingerprint density at radius 1 is 1.15 bits per heavy atom. The summed E-state index contributed by atoms with van der Waals surface area (Å²) in [5, 5.41) is 2.83. The van der Waals surface area contributed by atoms with Crippen LogP contribution < -0.4 is 14.4 Å². The number of nitrogens with one attached hydrogen (secondary N) is 1. The van der Waals surface area contributed by atoms with Gasteiger partial charge < -0.3 is 10.1 Å². The van der Waals surface area contributed by atoms with Gasteiger partial charge in [-0.15, -0.1) is 0 Å². The largest absolute Gasteiger partial charge is 0.495 e. The van der Waals surface area contributed by atoms with E-state index in [1.165, 1.54) is 11.4 Å². The molecule has 7 heteroatoms. The average Bonchev–Trinajstić information content (AvgIpc) is 2.61. The summed E-state index contributed by atoms with van der Waals surface area (Å²) < 4.78 is 31.6. The zero-order valence-corrected chi connectivity index (χ0v) is 15.7. The van der Waals surface area contributed by atoms with Gasteiger partial charge in [0, 0.05) is 17.8 Å². The van der Waals surface area contributed by atoms with Crippen LogP contribution in [0.3, 0.4) is 0 Å². The molecule has 0 bridgehead atoms. The van der Waals surface area contributed by atoms with Gasteiger partial charge in [-0.2, -0.15) is 0 Å². The van der Waals surface area contributed by atoms with Crippen LogP contribution >= 0.6 is 0 Å². The molecule has 0 spiro atoms. The van der Waals surface area contributed by atoms with Gasteiger partial charge in [-0.1, -0.05) is 17.7 Å². The molecule has 0 aromatic heterocycles. The number of benzene rings is 2. The molecule has 1 N–H and O–H groups in total. The van der Waals surface area contributed by atoms with Crippen molar-refractivity contribution in [2.45, 2.75) is 19.8 Å². The Bertz CT molecular complexity index is 925. The predicted octanol–water partition coefficient (Wildman–Crippen LogP) is 3.19. The molecule has 26 heavy (non-hydrogen) atoms. The number of sulfonamides is 1. The Morgan fingerprint density at radius 2 is 1.96 bits per heavy atom. The average molecular weight is 374 g/mol. The topological polar surface area (TPSA) is 75.7 Å². The number of methoxy groups -OCH3 is 1. The van der Waals surface area contributed by atoms with E-state index in [9.17, 15) is 13.2 Å². The van der Waals surface area contributed by atoms with E-state index in [1.54, 1.807) is 30.3 Å². The first-order valence-corrected chi connectivity index (χ1v) is 10.1. The fourth-order valence-electron chi connectivity index (χ4n) is 3.01. The van der Waals surface area contributed by atoms with Crippen LogP contribution in [-0.2, 0) is 10.0 Å². The van der Waals surface area contributed by atoms with Crippen LogP contribution in [0.25, 0.3) is 0 Å². The summed E-state index contributed by atoms with van der Waals surface area (Å²) in [4.78, 5) is 12.5.